The Morgan fingerprint density at radius 3 is 2.63 bits per heavy atom. The molecule has 3 aromatic rings. The lowest BCUT2D eigenvalue weighted by Gasteiger charge is -2.22. The monoisotopic (exact) mass is 434 g/mol. The first kappa shape index (κ1) is 20.7. The fourth-order valence-corrected chi connectivity index (χ4v) is 4.26. The lowest BCUT2D eigenvalue weighted by Crippen LogP contribution is -2.42. The Balaban J connectivity index is 1.43. The van der Waals surface area contributed by atoms with E-state index in [1.807, 2.05) is 25.1 Å². The molecule has 30 heavy (non-hydrogen) atoms. The minimum atomic E-state index is -4.34. The van der Waals surface area contributed by atoms with Crippen LogP contribution in [0.4, 0.5) is 13.2 Å². The fraction of sp³-hybridized carbons (Fsp3) is 0.300. The summed E-state index contributed by atoms with van der Waals surface area (Å²) >= 11 is 1.44. The predicted molar refractivity (Wildman–Crippen MR) is 113 cm³/mol. The number of hydrazone groups is 1. The highest BCUT2D eigenvalue weighted by atomic mass is 32.2. The molecule has 2 aromatic carbocycles. The molecule has 0 fully saturated rings. The van der Waals surface area contributed by atoms with Gasteiger partial charge in [-0.2, -0.15) is 23.4 Å². The van der Waals surface area contributed by atoms with E-state index in [9.17, 15) is 13.2 Å². The van der Waals surface area contributed by atoms with Crippen LogP contribution in [-0.2, 0) is 12.6 Å². The Bertz CT molecular complexity index is 1080. The molecule has 0 aliphatic carbocycles. The zero-order valence-electron chi connectivity index (χ0n) is 16.1. The molecule has 0 spiro atoms. The van der Waals surface area contributed by atoms with Gasteiger partial charge in [0.1, 0.15) is 10.5 Å². The molecular weight excluding hydrogens is 413 g/mol. The van der Waals surface area contributed by atoms with Gasteiger partial charge in [-0.05, 0) is 43.2 Å². The second kappa shape index (κ2) is 7.93. The van der Waals surface area contributed by atoms with E-state index in [-0.39, 0.29) is 11.5 Å². The average Bonchev–Trinajstić information content (AvgIpc) is 3.24. The van der Waals surface area contributed by atoms with E-state index >= 15 is 0 Å². The van der Waals surface area contributed by atoms with Gasteiger partial charge in [0, 0.05) is 17.0 Å². The SMILES string of the molecule is Cc1n[nH]c2ccc(C3=NN(C[C@H](N)Cc4ccc(C(F)(F)F)cc4)C(N)S3)cc12. The number of aryl methyl sites for hydroxylation is 1. The van der Waals surface area contributed by atoms with Gasteiger partial charge in [0.2, 0.25) is 0 Å². The molecule has 5 N–H and O–H groups in total. The van der Waals surface area contributed by atoms with Gasteiger partial charge in [0.15, 0.2) is 0 Å². The maximum atomic E-state index is 12.7. The fourth-order valence-electron chi connectivity index (χ4n) is 3.36. The van der Waals surface area contributed by atoms with E-state index in [1.165, 1.54) is 23.9 Å². The second-order valence-corrected chi connectivity index (χ2v) is 8.37. The van der Waals surface area contributed by atoms with Crippen LogP contribution in [0.3, 0.4) is 0 Å². The summed E-state index contributed by atoms with van der Waals surface area (Å²) in [6.07, 6.45) is -3.92. The van der Waals surface area contributed by atoms with Crippen LogP contribution in [-0.4, -0.2) is 38.3 Å². The molecule has 1 unspecified atom stereocenters. The molecule has 0 amide bonds. The van der Waals surface area contributed by atoms with Crippen LogP contribution < -0.4 is 11.5 Å². The van der Waals surface area contributed by atoms with Crippen molar-refractivity contribution in [2.24, 2.45) is 16.6 Å². The normalized spacial score (nSPS) is 18.1. The molecule has 0 saturated carbocycles. The van der Waals surface area contributed by atoms with Gasteiger partial charge in [0.05, 0.1) is 23.3 Å². The zero-order valence-corrected chi connectivity index (χ0v) is 17.0. The number of nitrogens with zero attached hydrogens (tertiary/aromatic N) is 3. The van der Waals surface area contributed by atoms with Gasteiger partial charge in [-0.1, -0.05) is 30.0 Å². The summed E-state index contributed by atoms with van der Waals surface area (Å²) in [5.74, 6) is 0. The van der Waals surface area contributed by atoms with Gasteiger partial charge in [-0.25, -0.2) is 0 Å². The number of thioether (sulfide) groups is 1. The number of halogens is 3. The van der Waals surface area contributed by atoms with Crippen molar-refractivity contribution in [2.75, 3.05) is 6.54 Å². The summed E-state index contributed by atoms with van der Waals surface area (Å²) in [7, 11) is 0. The number of aromatic nitrogens is 2. The van der Waals surface area contributed by atoms with E-state index in [2.05, 4.69) is 15.3 Å². The zero-order chi connectivity index (χ0) is 21.5. The molecule has 2 heterocycles. The van der Waals surface area contributed by atoms with E-state index < -0.39 is 11.7 Å². The number of nitrogens with one attached hydrogen (secondary N) is 1. The molecule has 2 atom stereocenters. The van der Waals surface area contributed by atoms with Crippen molar-refractivity contribution in [3.05, 3.63) is 64.8 Å². The van der Waals surface area contributed by atoms with Crippen molar-refractivity contribution in [2.45, 2.75) is 31.1 Å². The summed E-state index contributed by atoms with van der Waals surface area (Å²) < 4.78 is 38.1. The molecule has 0 saturated heterocycles. The number of rotatable bonds is 5. The van der Waals surface area contributed by atoms with Crippen LogP contribution in [0.25, 0.3) is 10.9 Å². The lowest BCUT2D eigenvalue weighted by molar-refractivity contribution is -0.137. The van der Waals surface area contributed by atoms with Crippen LogP contribution >= 0.6 is 11.8 Å². The van der Waals surface area contributed by atoms with Gasteiger partial charge in [0.25, 0.3) is 0 Å². The Labute approximate surface area is 175 Å². The van der Waals surface area contributed by atoms with Crippen LogP contribution in [0.2, 0.25) is 0 Å². The number of benzene rings is 2. The largest absolute Gasteiger partial charge is 0.416 e. The first-order chi connectivity index (χ1) is 14.2. The predicted octanol–water partition coefficient (Wildman–Crippen LogP) is 3.41. The third-order valence-electron chi connectivity index (χ3n) is 4.95. The van der Waals surface area contributed by atoms with Crippen molar-refractivity contribution >= 4 is 27.7 Å². The molecule has 158 valence electrons. The van der Waals surface area contributed by atoms with Gasteiger partial charge < -0.3 is 11.5 Å². The molecule has 0 bridgehead atoms. The first-order valence-corrected chi connectivity index (χ1v) is 10.2. The highest BCUT2D eigenvalue weighted by molar-refractivity contribution is 8.15. The number of hydrogen-bond donors (Lipinski definition) is 3. The average molecular weight is 434 g/mol. The third kappa shape index (κ3) is 4.30. The smallest absolute Gasteiger partial charge is 0.326 e. The van der Waals surface area contributed by atoms with Crippen molar-refractivity contribution in [1.29, 1.82) is 0 Å². The number of nitrogens with two attached hydrogens (primary N) is 2. The molecule has 1 aliphatic rings. The highest BCUT2D eigenvalue weighted by Gasteiger charge is 2.30. The van der Waals surface area contributed by atoms with Crippen LogP contribution in [0.15, 0.2) is 47.6 Å². The molecule has 1 aliphatic heterocycles. The van der Waals surface area contributed by atoms with Gasteiger partial charge >= 0.3 is 6.18 Å². The van der Waals surface area contributed by atoms with Crippen LogP contribution in [0, 0.1) is 6.92 Å². The number of aromatic amines is 1. The molecule has 1 aromatic heterocycles. The maximum absolute atomic E-state index is 12.7. The lowest BCUT2D eigenvalue weighted by atomic mass is 10.0. The second-order valence-electron chi connectivity index (χ2n) is 7.26. The Hall–Kier alpha value is -2.56. The van der Waals surface area contributed by atoms with Crippen molar-refractivity contribution in [3.8, 4) is 0 Å². The molecule has 4 rings (SSSR count). The number of fused-ring (bicyclic) bond motifs is 1. The van der Waals surface area contributed by atoms with Gasteiger partial charge in [-0.15, -0.1) is 0 Å². The Morgan fingerprint density at radius 1 is 1.20 bits per heavy atom. The Morgan fingerprint density at radius 2 is 1.93 bits per heavy atom. The van der Waals surface area contributed by atoms with Crippen molar-refractivity contribution in [3.63, 3.8) is 0 Å². The molecule has 10 heteroatoms. The summed E-state index contributed by atoms with van der Waals surface area (Å²) in [5, 5.41) is 15.3. The maximum Gasteiger partial charge on any atom is 0.416 e. The Kier molecular flexibility index (Phi) is 5.48. The van der Waals surface area contributed by atoms with E-state index in [0.29, 0.717) is 13.0 Å². The highest BCUT2D eigenvalue weighted by Crippen LogP contribution is 2.30. The summed E-state index contributed by atoms with van der Waals surface area (Å²) in [4.78, 5) is 0. The molecule has 0 radical (unpaired) electrons. The van der Waals surface area contributed by atoms with Crippen LogP contribution in [0.1, 0.15) is 22.4 Å². The van der Waals surface area contributed by atoms with Crippen molar-refractivity contribution < 1.29 is 13.2 Å². The first-order valence-electron chi connectivity index (χ1n) is 9.35. The summed E-state index contributed by atoms with van der Waals surface area (Å²) in [6, 6.07) is 10.7. The number of hydrogen-bond acceptors (Lipinski definition) is 6. The van der Waals surface area contributed by atoms with E-state index in [4.69, 9.17) is 11.5 Å². The third-order valence-corrected chi connectivity index (χ3v) is 5.97. The number of H-pyrrole nitrogens is 1. The molecular formula is C20H21F3N6S. The number of alkyl halides is 3. The summed E-state index contributed by atoms with van der Waals surface area (Å²) in [6.45, 7) is 2.33. The van der Waals surface area contributed by atoms with E-state index in [1.54, 1.807) is 5.01 Å². The van der Waals surface area contributed by atoms with Gasteiger partial charge in [-0.3, -0.25) is 10.1 Å². The standard InChI is InChI=1S/C20H21F3N6S/c1-11-16-9-13(4-7-17(16)27-26-11)18-28-29(19(25)30-18)10-15(24)8-12-2-5-14(6-3-12)20(21,22)23/h2-7,9,15,19H,8,10,24-25H2,1H3,(H,26,27)/t15-,19?/m1/s1. The quantitative estimate of drug-likeness (QED) is 0.572. The van der Waals surface area contributed by atoms with Crippen LogP contribution in [0.5, 0.6) is 0 Å². The van der Waals surface area contributed by atoms with Crippen molar-refractivity contribution in [1.82, 2.24) is 15.2 Å². The molecule has 6 nitrogen and oxygen atoms in total. The topological polar surface area (TPSA) is 96.3 Å². The minimum absolute atomic E-state index is 0.324. The van der Waals surface area contributed by atoms with E-state index in [0.717, 1.165) is 44.9 Å². The summed E-state index contributed by atoms with van der Waals surface area (Å²) in [5.41, 5.74) is 15.0. The minimum Gasteiger partial charge on any atom is -0.326 e.